The largest absolute Gasteiger partial charge is 0.382 e. The lowest BCUT2D eigenvalue weighted by Gasteiger charge is -2.04. The molecule has 3 rings (SSSR count). The third kappa shape index (κ3) is 2.11. The highest BCUT2D eigenvalue weighted by atomic mass is 35.5. The molecule has 0 aliphatic rings. The molecule has 0 amide bonds. The Hall–Kier alpha value is -1.85. The van der Waals surface area contributed by atoms with Crippen LogP contribution >= 0.6 is 22.9 Å². The summed E-state index contributed by atoms with van der Waals surface area (Å²) in [5.74, 6) is 0.425. The second-order valence-corrected chi connectivity index (χ2v) is 5.56. The van der Waals surface area contributed by atoms with Gasteiger partial charge in [-0.25, -0.2) is 4.98 Å². The summed E-state index contributed by atoms with van der Waals surface area (Å²) in [4.78, 5) is 4.46. The number of hydrogen-bond acceptors (Lipinski definition) is 4. The van der Waals surface area contributed by atoms with E-state index in [1.807, 2.05) is 36.6 Å². The number of halogens is 1. The van der Waals surface area contributed by atoms with Gasteiger partial charge in [-0.3, -0.25) is 5.10 Å². The number of aromatic amines is 1. The Labute approximate surface area is 119 Å². The molecule has 0 aliphatic carbocycles. The highest BCUT2D eigenvalue weighted by Crippen LogP contribution is 2.38. The summed E-state index contributed by atoms with van der Waals surface area (Å²) in [6.07, 6.45) is 0. The first-order chi connectivity index (χ1) is 9.16. The molecule has 4 nitrogen and oxygen atoms in total. The zero-order valence-corrected chi connectivity index (χ0v) is 11.7. The number of nitrogens with two attached hydrogens (primary N) is 1. The van der Waals surface area contributed by atoms with Gasteiger partial charge in [0.1, 0.15) is 0 Å². The average molecular weight is 291 g/mol. The van der Waals surface area contributed by atoms with Crippen LogP contribution in [0.2, 0.25) is 5.02 Å². The first-order valence-electron chi connectivity index (χ1n) is 5.68. The van der Waals surface area contributed by atoms with Crippen molar-refractivity contribution in [3.8, 4) is 22.5 Å². The van der Waals surface area contributed by atoms with Gasteiger partial charge in [-0.1, -0.05) is 29.8 Å². The Balaban J connectivity index is 2.22. The number of H-pyrrole nitrogens is 1. The van der Waals surface area contributed by atoms with Crippen LogP contribution in [-0.2, 0) is 0 Å². The lowest BCUT2D eigenvalue weighted by molar-refractivity contribution is 1.09. The molecule has 0 unspecified atom stereocenters. The van der Waals surface area contributed by atoms with Crippen LogP contribution in [0.4, 0.5) is 5.82 Å². The minimum atomic E-state index is 0.425. The number of thiazole rings is 1. The molecule has 3 aromatic rings. The van der Waals surface area contributed by atoms with Crippen molar-refractivity contribution in [3.63, 3.8) is 0 Å². The lowest BCUT2D eigenvalue weighted by atomic mass is 10.0. The van der Waals surface area contributed by atoms with Gasteiger partial charge >= 0.3 is 0 Å². The molecular weight excluding hydrogens is 280 g/mol. The van der Waals surface area contributed by atoms with E-state index in [0.717, 1.165) is 27.5 Å². The van der Waals surface area contributed by atoms with Gasteiger partial charge in [0.2, 0.25) is 0 Å². The van der Waals surface area contributed by atoms with E-state index in [2.05, 4.69) is 15.2 Å². The fourth-order valence-corrected chi connectivity index (χ4v) is 2.79. The molecule has 3 N–H and O–H groups in total. The van der Waals surface area contributed by atoms with E-state index in [1.165, 1.54) is 0 Å². The Kier molecular flexibility index (Phi) is 3.00. The second-order valence-electron chi connectivity index (χ2n) is 4.09. The van der Waals surface area contributed by atoms with Gasteiger partial charge in [0, 0.05) is 16.0 Å². The SMILES string of the molecule is Cc1nc(-c2[nH]nc(N)c2-c2ccccc2Cl)cs1. The van der Waals surface area contributed by atoms with Crippen molar-refractivity contribution in [2.24, 2.45) is 0 Å². The molecule has 0 fully saturated rings. The van der Waals surface area contributed by atoms with E-state index in [4.69, 9.17) is 17.3 Å². The fraction of sp³-hybridized carbons (Fsp3) is 0.0769. The number of anilines is 1. The Morgan fingerprint density at radius 3 is 2.79 bits per heavy atom. The van der Waals surface area contributed by atoms with Crippen molar-refractivity contribution < 1.29 is 0 Å². The van der Waals surface area contributed by atoms with Gasteiger partial charge < -0.3 is 5.73 Å². The van der Waals surface area contributed by atoms with E-state index in [9.17, 15) is 0 Å². The highest BCUT2D eigenvalue weighted by Gasteiger charge is 2.18. The van der Waals surface area contributed by atoms with Crippen molar-refractivity contribution in [3.05, 3.63) is 39.7 Å². The monoisotopic (exact) mass is 290 g/mol. The number of aryl methyl sites for hydroxylation is 1. The molecule has 19 heavy (non-hydrogen) atoms. The van der Waals surface area contributed by atoms with Gasteiger partial charge in [0.25, 0.3) is 0 Å². The molecule has 2 heterocycles. The van der Waals surface area contributed by atoms with E-state index >= 15 is 0 Å². The number of nitrogens with one attached hydrogen (secondary N) is 1. The molecular formula is C13H11ClN4S. The van der Waals surface area contributed by atoms with E-state index < -0.39 is 0 Å². The number of hydrogen-bond donors (Lipinski definition) is 2. The van der Waals surface area contributed by atoms with Gasteiger partial charge in [0.15, 0.2) is 5.82 Å². The van der Waals surface area contributed by atoms with Gasteiger partial charge in [-0.2, -0.15) is 5.10 Å². The molecule has 2 aromatic heterocycles. The van der Waals surface area contributed by atoms with Crippen LogP contribution in [0.1, 0.15) is 5.01 Å². The topological polar surface area (TPSA) is 67.6 Å². The second kappa shape index (κ2) is 4.68. The molecule has 0 spiro atoms. The maximum Gasteiger partial charge on any atom is 0.153 e. The van der Waals surface area contributed by atoms with Crippen molar-refractivity contribution in [1.29, 1.82) is 0 Å². The summed E-state index contributed by atoms with van der Waals surface area (Å²) in [6, 6.07) is 7.56. The summed E-state index contributed by atoms with van der Waals surface area (Å²) in [7, 11) is 0. The van der Waals surface area contributed by atoms with Crippen LogP contribution in [0.5, 0.6) is 0 Å². The maximum atomic E-state index is 6.24. The number of nitrogens with zero attached hydrogens (tertiary/aromatic N) is 2. The van der Waals surface area contributed by atoms with Crippen LogP contribution < -0.4 is 5.73 Å². The summed E-state index contributed by atoms with van der Waals surface area (Å²) in [5.41, 5.74) is 9.26. The first kappa shape index (κ1) is 12.2. The number of rotatable bonds is 2. The molecule has 0 atom stereocenters. The minimum absolute atomic E-state index is 0.425. The predicted molar refractivity (Wildman–Crippen MR) is 79.3 cm³/mol. The quantitative estimate of drug-likeness (QED) is 0.755. The normalized spacial score (nSPS) is 10.8. The number of nitrogen functional groups attached to an aromatic ring is 1. The Morgan fingerprint density at radius 2 is 2.11 bits per heavy atom. The third-order valence-corrected chi connectivity index (χ3v) is 3.92. The Bertz CT molecular complexity index is 732. The fourth-order valence-electron chi connectivity index (χ4n) is 1.96. The third-order valence-electron chi connectivity index (χ3n) is 2.81. The molecule has 96 valence electrons. The first-order valence-corrected chi connectivity index (χ1v) is 6.94. The predicted octanol–water partition coefficient (Wildman–Crippen LogP) is 3.74. The molecule has 0 bridgehead atoms. The lowest BCUT2D eigenvalue weighted by Crippen LogP contribution is -1.89. The smallest absolute Gasteiger partial charge is 0.153 e. The molecule has 6 heteroatoms. The minimum Gasteiger partial charge on any atom is -0.382 e. The maximum absolute atomic E-state index is 6.24. The van der Waals surface area contributed by atoms with E-state index in [0.29, 0.717) is 10.8 Å². The molecule has 0 saturated carbocycles. The van der Waals surface area contributed by atoms with E-state index in [1.54, 1.807) is 11.3 Å². The molecule has 0 aliphatic heterocycles. The van der Waals surface area contributed by atoms with Crippen LogP contribution in [0.25, 0.3) is 22.5 Å². The van der Waals surface area contributed by atoms with E-state index in [-0.39, 0.29) is 0 Å². The molecule has 1 aromatic carbocycles. The Morgan fingerprint density at radius 1 is 1.32 bits per heavy atom. The molecule has 0 radical (unpaired) electrons. The summed E-state index contributed by atoms with van der Waals surface area (Å²) in [5, 5.41) is 10.6. The highest BCUT2D eigenvalue weighted by molar-refractivity contribution is 7.09. The average Bonchev–Trinajstić information content (AvgIpc) is 2.96. The summed E-state index contributed by atoms with van der Waals surface area (Å²) < 4.78 is 0. The number of benzene rings is 1. The number of aromatic nitrogens is 3. The zero-order chi connectivity index (χ0) is 13.4. The van der Waals surface area contributed by atoms with Crippen LogP contribution in [0, 0.1) is 6.92 Å². The zero-order valence-electron chi connectivity index (χ0n) is 10.1. The van der Waals surface area contributed by atoms with Crippen LogP contribution in [0.3, 0.4) is 0 Å². The summed E-state index contributed by atoms with van der Waals surface area (Å²) >= 11 is 7.82. The van der Waals surface area contributed by atoms with Crippen molar-refractivity contribution in [1.82, 2.24) is 15.2 Å². The van der Waals surface area contributed by atoms with Crippen molar-refractivity contribution in [2.75, 3.05) is 5.73 Å². The molecule has 0 saturated heterocycles. The van der Waals surface area contributed by atoms with Crippen LogP contribution in [-0.4, -0.2) is 15.2 Å². The van der Waals surface area contributed by atoms with Gasteiger partial charge in [0.05, 0.1) is 22.0 Å². The van der Waals surface area contributed by atoms with Gasteiger partial charge in [-0.05, 0) is 13.0 Å². The van der Waals surface area contributed by atoms with Crippen molar-refractivity contribution in [2.45, 2.75) is 6.92 Å². The van der Waals surface area contributed by atoms with Crippen LogP contribution in [0.15, 0.2) is 29.6 Å². The summed E-state index contributed by atoms with van der Waals surface area (Å²) in [6.45, 7) is 1.96. The standard InChI is InChI=1S/C13H11ClN4S/c1-7-16-10(6-19-7)12-11(13(15)18-17-12)8-4-2-3-5-9(8)14/h2-6H,1H3,(H3,15,17,18). The van der Waals surface area contributed by atoms with Crippen molar-refractivity contribution >= 4 is 28.8 Å². The van der Waals surface area contributed by atoms with Gasteiger partial charge in [-0.15, -0.1) is 11.3 Å².